The van der Waals surface area contributed by atoms with Crippen molar-refractivity contribution < 1.29 is 0 Å². The van der Waals surface area contributed by atoms with E-state index < -0.39 is 0 Å². The molecule has 0 saturated heterocycles. The highest BCUT2D eigenvalue weighted by molar-refractivity contribution is 5.00. The van der Waals surface area contributed by atoms with Crippen LogP contribution in [0.1, 0.15) is 67.7 Å². The van der Waals surface area contributed by atoms with E-state index in [0.717, 1.165) is 17.8 Å². The molecule has 0 heterocycles. The second-order valence-corrected chi connectivity index (χ2v) is 7.14. The minimum atomic E-state index is 0.484. The van der Waals surface area contributed by atoms with Crippen LogP contribution < -0.4 is 0 Å². The summed E-state index contributed by atoms with van der Waals surface area (Å²) in [5.41, 5.74) is 0.994. The highest BCUT2D eigenvalue weighted by Crippen LogP contribution is 2.59. The van der Waals surface area contributed by atoms with Gasteiger partial charge in [-0.1, -0.05) is 54.9 Å². The summed E-state index contributed by atoms with van der Waals surface area (Å²) in [4.78, 5) is 0. The molecule has 15 heavy (non-hydrogen) atoms. The summed E-state index contributed by atoms with van der Waals surface area (Å²) in [5.74, 6) is 2.81. The summed E-state index contributed by atoms with van der Waals surface area (Å²) >= 11 is 0. The van der Waals surface area contributed by atoms with Gasteiger partial charge in [0.2, 0.25) is 0 Å². The normalized spacial score (nSPS) is 29.0. The van der Waals surface area contributed by atoms with Gasteiger partial charge in [0.15, 0.2) is 0 Å². The zero-order valence-electron chi connectivity index (χ0n) is 11.9. The lowest BCUT2D eigenvalue weighted by Crippen LogP contribution is -2.36. The highest BCUT2D eigenvalue weighted by atomic mass is 14.6. The molecule has 1 rings (SSSR count). The van der Waals surface area contributed by atoms with Gasteiger partial charge in [0.1, 0.15) is 0 Å². The molecule has 0 amide bonds. The molecule has 0 nitrogen and oxygen atoms in total. The first-order valence-electron chi connectivity index (χ1n) is 6.72. The molecule has 0 N–H and O–H groups in total. The van der Waals surface area contributed by atoms with E-state index in [-0.39, 0.29) is 0 Å². The first-order chi connectivity index (χ1) is 6.72. The van der Waals surface area contributed by atoms with Gasteiger partial charge >= 0.3 is 0 Å². The predicted octanol–water partition coefficient (Wildman–Crippen LogP) is 5.13. The van der Waals surface area contributed by atoms with Crippen LogP contribution in [0.3, 0.4) is 0 Å². The Balaban J connectivity index is 2.66. The summed E-state index contributed by atoms with van der Waals surface area (Å²) in [7, 11) is 0. The van der Waals surface area contributed by atoms with E-state index in [9.17, 15) is 0 Å². The van der Waals surface area contributed by atoms with E-state index in [4.69, 9.17) is 0 Å². The third kappa shape index (κ3) is 2.57. The maximum atomic E-state index is 2.49. The zero-order valence-corrected chi connectivity index (χ0v) is 11.9. The monoisotopic (exact) mass is 210 g/mol. The Labute approximate surface area is 96.8 Å². The van der Waals surface area contributed by atoms with E-state index in [1.54, 1.807) is 0 Å². The first-order valence-corrected chi connectivity index (χ1v) is 6.72. The third-order valence-corrected chi connectivity index (χ3v) is 5.34. The van der Waals surface area contributed by atoms with Crippen LogP contribution in [-0.4, -0.2) is 0 Å². The molecule has 1 aliphatic rings. The maximum Gasteiger partial charge on any atom is -0.0272 e. The number of rotatable bonds is 5. The van der Waals surface area contributed by atoms with Crippen molar-refractivity contribution in [2.75, 3.05) is 0 Å². The maximum absolute atomic E-state index is 2.49. The Bertz CT molecular complexity index is 212. The van der Waals surface area contributed by atoms with Crippen LogP contribution in [0.4, 0.5) is 0 Å². The minimum Gasteiger partial charge on any atom is -0.0651 e. The lowest BCUT2D eigenvalue weighted by Gasteiger charge is -2.44. The van der Waals surface area contributed by atoms with E-state index >= 15 is 0 Å². The quantitative estimate of drug-likeness (QED) is 0.590. The topological polar surface area (TPSA) is 0 Å². The molecule has 90 valence electrons. The van der Waals surface area contributed by atoms with Gasteiger partial charge in [0.25, 0.3) is 0 Å². The molecule has 3 atom stereocenters. The lowest BCUT2D eigenvalue weighted by molar-refractivity contribution is 0.0522. The highest BCUT2D eigenvalue weighted by Gasteiger charge is 2.51. The fraction of sp³-hybridized carbons (Fsp3) is 1.00. The van der Waals surface area contributed by atoms with Gasteiger partial charge < -0.3 is 0 Å². The van der Waals surface area contributed by atoms with Crippen molar-refractivity contribution >= 4 is 0 Å². The van der Waals surface area contributed by atoms with Crippen LogP contribution in [0, 0.1) is 28.6 Å². The van der Waals surface area contributed by atoms with Crippen molar-refractivity contribution in [1.29, 1.82) is 0 Å². The largest absolute Gasteiger partial charge is 0.0651 e. The molecule has 0 radical (unpaired) electrons. The van der Waals surface area contributed by atoms with Gasteiger partial charge in [-0.2, -0.15) is 0 Å². The average Bonchev–Trinajstić information content (AvgIpc) is 2.82. The summed E-state index contributed by atoms with van der Waals surface area (Å²) < 4.78 is 0. The predicted molar refractivity (Wildman–Crippen MR) is 68.9 cm³/mol. The standard InChI is InChI=1S/C15H30/c1-8-11(2)10-14(4,5)15(6,7)13-9-12(13)3/h11-13H,8-10H2,1-7H3. The van der Waals surface area contributed by atoms with Crippen molar-refractivity contribution in [3.8, 4) is 0 Å². The van der Waals surface area contributed by atoms with Gasteiger partial charge in [-0.3, -0.25) is 0 Å². The Hall–Kier alpha value is 0. The smallest absolute Gasteiger partial charge is 0.0272 e. The fourth-order valence-electron chi connectivity index (χ4n) is 3.11. The Morgan fingerprint density at radius 2 is 1.67 bits per heavy atom. The molecular weight excluding hydrogens is 180 g/mol. The first kappa shape index (κ1) is 13.1. The Morgan fingerprint density at radius 3 is 2.00 bits per heavy atom. The van der Waals surface area contributed by atoms with Crippen LogP contribution in [0.25, 0.3) is 0 Å². The van der Waals surface area contributed by atoms with Crippen LogP contribution in [0.2, 0.25) is 0 Å². The SMILES string of the molecule is CCC(C)CC(C)(C)C(C)(C)C1CC1C. The summed E-state index contributed by atoms with van der Waals surface area (Å²) in [5, 5.41) is 0. The minimum absolute atomic E-state index is 0.484. The molecule has 0 bridgehead atoms. The van der Waals surface area contributed by atoms with Crippen LogP contribution in [0.15, 0.2) is 0 Å². The summed E-state index contributed by atoms with van der Waals surface area (Å²) in [6.07, 6.45) is 4.15. The van der Waals surface area contributed by atoms with Crippen molar-refractivity contribution in [1.82, 2.24) is 0 Å². The van der Waals surface area contributed by atoms with Crippen molar-refractivity contribution in [2.24, 2.45) is 28.6 Å². The summed E-state index contributed by atoms with van der Waals surface area (Å²) in [6.45, 7) is 17.1. The van der Waals surface area contributed by atoms with Gasteiger partial charge in [-0.15, -0.1) is 0 Å². The number of hydrogen-bond acceptors (Lipinski definition) is 0. The van der Waals surface area contributed by atoms with Crippen LogP contribution >= 0.6 is 0 Å². The third-order valence-electron chi connectivity index (χ3n) is 5.34. The molecule has 1 aliphatic carbocycles. The van der Waals surface area contributed by atoms with Gasteiger partial charge in [-0.05, 0) is 41.4 Å². The molecule has 1 fully saturated rings. The van der Waals surface area contributed by atoms with Gasteiger partial charge in [0.05, 0.1) is 0 Å². The molecule has 3 unspecified atom stereocenters. The number of hydrogen-bond donors (Lipinski definition) is 0. The molecular formula is C15H30. The lowest BCUT2D eigenvalue weighted by atomic mass is 9.61. The van der Waals surface area contributed by atoms with E-state index in [2.05, 4.69) is 48.5 Å². The van der Waals surface area contributed by atoms with Crippen LogP contribution in [-0.2, 0) is 0 Å². The molecule has 0 aliphatic heterocycles. The van der Waals surface area contributed by atoms with Crippen molar-refractivity contribution in [2.45, 2.75) is 67.7 Å². The molecule has 1 saturated carbocycles. The average molecular weight is 210 g/mol. The second-order valence-electron chi connectivity index (χ2n) is 7.14. The Morgan fingerprint density at radius 1 is 1.20 bits per heavy atom. The molecule has 0 spiro atoms. The van der Waals surface area contributed by atoms with Gasteiger partial charge in [0, 0.05) is 0 Å². The molecule has 0 heteroatoms. The molecule has 0 aromatic rings. The molecule has 0 aromatic carbocycles. The van der Waals surface area contributed by atoms with Crippen LogP contribution in [0.5, 0.6) is 0 Å². The summed E-state index contributed by atoms with van der Waals surface area (Å²) in [6, 6.07) is 0. The van der Waals surface area contributed by atoms with E-state index in [0.29, 0.717) is 10.8 Å². The van der Waals surface area contributed by atoms with Crippen molar-refractivity contribution in [3.05, 3.63) is 0 Å². The fourth-order valence-corrected chi connectivity index (χ4v) is 3.11. The van der Waals surface area contributed by atoms with Gasteiger partial charge in [-0.25, -0.2) is 0 Å². The van der Waals surface area contributed by atoms with E-state index in [1.165, 1.54) is 19.3 Å². The molecule has 0 aromatic heterocycles. The van der Waals surface area contributed by atoms with Crippen molar-refractivity contribution in [3.63, 3.8) is 0 Å². The zero-order chi connectivity index (χ0) is 11.9. The second kappa shape index (κ2) is 4.11. The Kier molecular flexibility index (Phi) is 3.58. The van der Waals surface area contributed by atoms with E-state index in [1.807, 2.05) is 0 Å².